The lowest BCUT2D eigenvalue weighted by Crippen LogP contribution is -2.32. The second-order valence-corrected chi connectivity index (χ2v) is 7.63. The Kier molecular flexibility index (Phi) is 7.13. The van der Waals surface area contributed by atoms with Crippen molar-refractivity contribution in [3.05, 3.63) is 84.6 Å². The minimum Gasteiger partial charge on any atom is -0.493 e. The summed E-state index contributed by atoms with van der Waals surface area (Å²) in [4.78, 5) is 16.9. The lowest BCUT2D eigenvalue weighted by atomic mass is 10.1. The highest BCUT2D eigenvalue weighted by molar-refractivity contribution is 5.90. The monoisotopic (exact) mass is 457 g/mol. The molecule has 4 rings (SSSR count). The Hall–Kier alpha value is -4.26. The van der Waals surface area contributed by atoms with Crippen molar-refractivity contribution in [1.82, 2.24) is 10.3 Å². The number of ether oxygens (including phenoxy) is 3. The van der Waals surface area contributed by atoms with Gasteiger partial charge in [0.2, 0.25) is 0 Å². The summed E-state index contributed by atoms with van der Waals surface area (Å²) in [7, 11) is 3.18. The minimum atomic E-state index is -0.259. The lowest BCUT2D eigenvalue weighted by Gasteiger charge is -2.18. The summed E-state index contributed by atoms with van der Waals surface area (Å²) in [5.74, 6) is 2.47. The van der Waals surface area contributed by atoms with E-state index in [1.54, 1.807) is 50.7 Å². The normalized spacial score (nSPS) is 11.5. The Morgan fingerprint density at radius 2 is 1.62 bits per heavy atom. The molecule has 0 saturated heterocycles. The van der Waals surface area contributed by atoms with Gasteiger partial charge in [-0.1, -0.05) is 37.3 Å². The molecule has 1 heterocycles. The molecule has 0 saturated carbocycles. The second-order valence-electron chi connectivity index (χ2n) is 7.63. The average Bonchev–Trinajstić information content (AvgIpc) is 2.88. The topological polar surface area (TPSA) is 81.7 Å². The van der Waals surface area contributed by atoms with Gasteiger partial charge in [0.25, 0.3) is 0 Å². The first-order chi connectivity index (χ1) is 16.6. The standard InChI is InChI=1S/C27H27N3O4/c1-4-22(18-8-6-5-7-9-18)30-27(31)29-19-10-12-20(13-11-19)34-24-14-15-28-23-17-26(33-3)25(32-2)16-21(23)24/h5-17,22H,4H2,1-3H3,(H2,29,30,31)/t22-/m0/s1. The van der Waals surface area contributed by atoms with Crippen molar-refractivity contribution in [2.75, 3.05) is 19.5 Å². The molecule has 0 fully saturated rings. The van der Waals surface area contributed by atoms with Crippen LogP contribution in [0.3, 0.4) is 0 Å². The molecular formula is C27H27N3O4. The van der Waals surface area contributed by atoms with Crippen LogP contribution in [0.1, 0.15) is 24.9 Å². The van der Waals surface area contributed by atoms with Crippen LogP contribution in [0.5, 0.6) is 23.0 Å². The molecule has 34 heavy (non-hydrogen) atoms. The number of amides is 2. The van der Waals surface area contributed by atoms with Crippen LogP contribution in [0.25, 0.3) is 10.9 Å². The molecule has 0 spiro atoms. The molecule has 0 aliphatic heterocycles. The molecule has 0 aliphatic rings. The average molecular weight is 458 g/mol. The Morgan fingerprint density at radius 1 is 0.912 bits per heavy atom. The maximum atomic E-state index is 12.5. The van der Waals surface area contributed by atoms with Crippen LogP contribution >= 0.6 is 0 Å². The predicted octanol–water partition coefficient (Wildman–Crippen LogP) is 6.32. The lowest BCUT2D eigenvalue weighted by molar-refractivity contribution is 0.248. The van der Waals surface area contributed by atoms with Gasteiger partial charge in [-0.2, -0.15) is 0 Å². The Morgan fingerprint density at radius 3 is 2.29 bits per heavy atom. The molecular weight excluding hydrogens is 430 g/mol. The first-order valence-corrected chi connectivity index (χ1v) is 11.0. The molecule has 0 unspecified atom stereocenters. The molecule has 0 bridgehead atoms. The number of urea groups is 1. The highest BCUT2D eigenvalue weighted by Gasteiger charge is 2.13. The third kappa shape index (κ3) is 5.20. The quantitative estimate of drug-likeness (QED) is 0.324. The molecule has 0 radical (unpaired) electrons. The number of benzene rings is 3. The summed E-state index contributed by atoms with van der Waals surface area (Å²) in [6.07, 6.45) is 2.47. The van der Waals surface area contributed by atoms with Crippen LogP contribution in [-0.2, 0) is 0 Å². The van der Waals surface area contributed by atoms with Gasteiger partial charge in [-0.3, -0.25) is 4.98 Å². The largest absolute Gasteiger partial charge is 0.493 e. The van der Waals surface area contributed by atoms with Crippen molar-refractivity contribution in [3.8, 4) is 23.0 Å². The highest BCUT2D eigenvalue weighted by Crippen LogP contribution is 2.37. The summed E-state index contributed by atoms with van der Waals surface area (Å²) in [6, 6.07) is 22.2. The first-order valence-electron chi connectivity index (χ1n) is 11.0. The number of pyridine rings is 1. The molecule has 4 aromatic rings. The number of aromatic nitrogens is 1. The van der Waals surface area contributed by atoms with E-state index in [-0.39, 0.29) is 12.1 Å². The number of hydrogen-bond acceptors (Lipinski definition) is 5. The third-order valence-corrected chi connectivity index (χ3v) is 5.46. The van der Waals surface area contributed by atoms with E-state index in [1.165, 1.54) is 0 Å². The van der Waals surface area contributed by atoms with E-state index in [2.05, 4.69) is 15.6 Å². The van der Waals surface area contributed by atoms with Crippen LogP contribution in [0, 0.1) is 0 Å². The minimum absolute atomic E-state index is 0.0561. The number of anilines is 1. The van der Waals surface area contributed by atoms with Gasteiger partial charge < -0.3 is 24.8 Å². The predicted molar refractivity (Wildman–Crippen MR) is 133 cm³/mol. The summed E-state index contributed by atoms with van der Waals surface area (Å²) >= 11 is 0. The van der Waals surface area contributed by atoms with E-state index in [0.717, 1.165) is 22.9 Å². The number of carbonyl (C=O) groups is 1. The van der Waals surface area contributed by atoms with Crippen LogP contribution < -0.4 is 24.8 Å². The van der Waals surface area contributed by atoms with Crippen molar-refractivity contribution in [3.63, 3.8) is 0 Å². The second kappa shape index (κ2) is 10.6. The smallest absolute Gasteiger partial charge is 0.319 e. The van der Waals surface area contributed by atoms with E-state index in [4.69, 9.17) is 14.2 Å². The van der Waals surface area contributed by atoms with Crippen molar-refractivity contribution >= 4 is 22.6 Å². The van der Waals surface area contributed by atoms with Gasteiger partial charge in [-0.15, -0.1) is 0 Å². The van der Waals surface area contributed by atoms with E-state index < -0.39 is 0 Å². The number of hydrogen-bond donors (Lipinski definition) is 2. The maximum Gasteiger partial charge on any atom is 0.319 e. The van der Waals surface area contributed by atoms with Crippen molar-refractivity contribution in [2.45, 2.75) is 19.4 Å². The Labute approximate surface area is 198 Å². The fraction of sp³-hybridized carbons (Fsp3) is 0.185. The van der Waals surface area contributed by atoms with Gasteiger partial charge in [-0.05, 0) is 48.4 Å². The third-order valence-electron chi connectivity index (χ3n) is 5.46. The van der Waals surface area contributed by atoms with Gasteiger partial charge in [0.15, 0.2) is 11.5 Å². The summed E-state index contributed by atoms with van der Waals surface area (Å²) in [5.41, 5.74) is 2.47. The van der Waals surface area contributed by atoms with Gasteiger partial charge in [0.05, 0.1) is 25.8 Å². The summed E-state index contributed by atoms with van der Waals surface area (Å²) < 4.78 is 16.9. The molecule has 3 aromatic carbocycles. The Balaban J connectivity index is 1.45. The molecule has 2 N–H and O–H groups in total. The fourth-order valence-electron chi connectivity index (χ4n) is 3.70. The zero-order chi connectivity index (χ0) is 23.9. The maximum absolute atomic E-state index is 12.5. The summed E-state index contributed by atoms with van der Waals surface area (Å²) in [6.45, 7) is 2.04. The zero-order valence-electron chi connectivity index (χ0n) is 19.4. The van der Waals surface area contributed by atoms with E-state index >= 15 is 0 Å². The number of nitrogens with zero attached hydrogens (tertiary/aromatic N) is 1. The van der Waals surface area contributed by atoms with Crippen molar-refractivity contribution < 1.29 is 19.0 Å². The number of methoxy groups -OCH3 is 2. The zero-order valence-corrected chi connectivity index (χ0v) is 19.4. The van der Waals surface area contributed by atoms with Gasteiger partial charge in [0, 0.05) is 23.3 Å². The molecule has 1 aromatic heterocycles. The van der Waals surface area contributed by atoms with E-state index in [0.29, 0.717) is 28.7 Å². The number of fused-ring (bicyclic) bond motifs is 1. The van der Waals surface area contributed by atoms with Crippen molar-refractivity contribution in [1.29, 1.82) is 0 Å². The molecule has 7 heteroatoms. The Bertz CT molecular complexity index is 1260. The first kappa shape index (κ1) is 22.9. The SMILES string of the molecule is CC[C@H](NC(=O)Nc1ccc(Oc2ccnc3cc(OC)c(OC)cc23)cc1)c1ccccc1. The van der Waals surface area contributed by atoms with E-state index in [1.807, 2.05) is 49.4 Å². The molecule has 7 nitrogen and oxygen atoms in total. The molecule has 0 aliphatic carbocycles. The van der Waals surface area contributed by atoms with Gasteiger partial charge in [-0.25, -0.2) is 4.79 Å². The van der Waals surface area contributed by atoms with Gasteiger partial charge in [0.1, 0.15) is 11.5 Å². The summed E-state index contributed by atoms with van der Waals surface area (Å²) in [5, 5.41) is 6.69. The number of rotatable bonds is 8. The number of carbonyl (C=O) groups excluding carboxylic acids is 1. The molecule has 2 amide bonds. The van der Waals surface area contributed by atoms with Crippen molar-refractivity contribution in [2.24, 2.45) is 0 Å². The van der Waals surface area contributed by atoms with E-state index in [9.17, 15) is 4.79 Å². The fourth-order valence-corrected chi connectivity index (χ4v) is 3.70. The van der Waals surface area contributed by atoms with Crippen LogP contribution in [-0.4, -0.2) is 25.2 Å². The number of nitrogens with one attached hydrogen (secondary N) is 2. The van der Waals surface area contributed by atoms with Crippen LogP contribution in [0.15, 0.2) is 79.0 Å². The highest BCUT2D eigenvalue weighted by atomic mass is 16.5. The molecule has 174 valence electrons. The van der Waals surface area contributed by atoms with Gasteiger partial charge >= 0.3 is 6.03 Å². The van der Waals surface area contributed by atoms with Crippen LogP contribution in [0.2, 0.25) is 0 Å². The van der Waals surface area contributed by atoms with Crippen LogP contribution in [0.4, 0.5) is 10.5 Å². The molecule has 1 atom stereocenters.